The van der Waals surface area contributed by atoms with Gasteiger partial charge in [-0.2, -0.15) is 0 Å². The molecule has 0 unspecified atom stereocenters. The molecule has 0 saturated heterocycles. The molecular formula is C6H4Cl2HgN. The Labute approximate surface area is 85.5 Å². The van der Waals surface area contributed by atoms with Crippen molar-refractivity contribution in [2.24, 2.45) is 0 Å². The number of halogens is 2. The Morgan fingerprint density at radius 2 is 1.60 bits per heavy atom. The fourth-order valence-corrected chi connectivity index (χ4v) is 1.92. The summed E-state index contributed by atoms with van der Waals surface area (Å²) in [5, 5.41) is 1.40. The molecule has 10 heavy (non-hydrogen) atoms. The maximum absolute atomic E-state index is 5.80. The van der Waals surface area contributed by atoms with E-state index in [1.54, 1.807) is 12.1 Å². The van der Waals surface area contributed by atoms with Crippen molar-refractivity contribution >= 4 is 32.0 Å². The molecule has 4 heteroatoms. The predicted octanol–water partition coefficient (Wildman–Crippen LogP) is 1.75. The number of nitrogen functional groups attached to an aromatic ring is 1. The molecule has 0 bridgehead atoms. The molecule has 49 valence electrons. The van der Waals surface area contributed by atoms with Crippen molar-refractivity contribution in [3.63, 3.8) is 0 Å². The first-order valence-electron chi connectivity index (χ1n) is 2.67. The minimum absolute atomic E-state index is 0.459. The van der Waals surface area contributed by atoms with E-state index in [0.717, 1.165) is 3.07 Å². The van der Waals surface area contributed by atoms with E-state index in [1.165, 1.54) is 0 Å². The van der Waals surface area contributed by atoms with E-state index in [9.17, 15) is 0 Å². The molecule has 0 aliphatic rings. The van der Waals surface area contributed by atoms with Crippen molar-refractivity contribution in [3.05, 3.63) is 22.2 Å². The first-order chi connectivity index (χ1) is 4.61. The molecule has 1 nitrogen and oxygen atoms in total. The van der Waals surface area contributed by atoms with E-state index < -0.39 is 0 Å². The third kappa shape index (κ3) is 1.77. The Kier molecular flexibility index (Phi) is 2.84. The van der Waals surface area contributed by atoms with E-state index in [0.29, 0.717) is 41.9 Å². The van der Waals surface area contributed by atoms with Gasteiger partial charge in [-0.1, -0.05) is 0 Å². The van der Waals surface area contributed by atoms with Gasteiger partial charge in [0.15, 0.2) is 0 Å². The van der Waals surface area contributed by atoms with Crippen molar-refractivity contribution in [3.8, 4) is 0 Å². The molecule has 0 saturated carbocycles. The van der Waals surface area contributed by atoms with Crippen LogP contribution in [0, 0.1) is 0 Å². The van der Waals surface area contributed by atoms with Crippen molar-refractivity contribution in [1.82, 2.24) is 0 Å². The van der Waals surface area contributed by atoms with Crippen molar-refractivity contribution in [2.45, 2.75) is 0 Å². The Balaban J connectivity index is 3.31. The standard InChI is InChI=1S/C6H4Cl2N.Hg/c7-4-1-5(8)3-6(9)2-4;/h2-3H,9H2;. The van der Waals surface area contributed by atoms with Crippen molar-refractivity contribution in [1.29, 1.82) is 0 Å². The molecule has 2 N–H and O–H groups in total. The fraction of sp³-hybridized carbons (Fsp3) is 0. The molecular weight excluding hydrogens is 358 g/mol. The summed E-state index contributed by atoms with van der Waals surface area (Å²) in [6.07, 6.45) is 0. The van der Waals surface area contributed by atoms with Gasteiger partial charge in [0.25, 0.3) is 0 Å². The molecule has 0 atom stereocenters. The SMILES string of the molecule is Nc1cc(Cl)[c]([Hg])c(Cl)c1. The second-order valence-corrected chi connectivity index (χ2v) is 5.53. The van der Waals surface area contributed by atoms with Crippen LogP contribution < -0.4 is 8.81 Å². The zero-order valence-corrected chi connectivity index (χ0v) is 12.2. The van der Waals surface area contributed by atoms with Crippen LogP contribution in [0.1, 0.15) is 0 Å². The van der Waals surface area contributed by atoms with Crippen LogP contribution in [0.5, 0.6) is 0 Å². The number of nitrogens with two attached hydrogens (primary N) is 1. The molecule has 0 radical (unpaired) electrons. The molecule has 0 heterocycles. The van der Waals surface area contributed by atoms with Crippen LogP contribution in [0.3, 0.4) is 0 Å². The summed E-state index contributed by atoms with van der Waals surface area (Å²) < 4.78 is 1.07. The normalized spacial score (nSPS) is 10.0. The molecule has 1 rings (SSSR count). The summed E-state index contributed by atoms with van der Waals surface area (Å²) in [5.74, 6) is 0. The molecule has 1 aromatic rings. The third-order valence-electron chi connectivity index (χ3n) is 1.16. The van der Waals surface area contributed by atoms with E-state index in [2.05, 4.69) is 0 Å². The topological polar surface area (TPSA) is 26.0 Å². The van der Waals surface area contributed by atoms with Crippen molar-refractivity contribution in [2.75, 3.05) is 5.73 Å². The number of rotatable bonds is 0. The van der Waals surface area contributed by atoms with Crippen LogP contribution in [0.2, 0.25) is 10.0 Å². The van der Waals surface area contributed by atoms with Gasteiger partial charge in [0, 0.05) is 0 Å². The number of benzene rings is 1. The van der Waals surface area contributed by atoms with Crippen molar-refractivity contribution < 1.29 is 26.1 Å². The van der Waals surface area contributed by atoms with Crippen LogP contribution in [0.15, 0.2) is 12.1 Å². The molecule has 0 spiro atoms. The fourth-order valence-electron chi connectivity index (χ4n) is 0.623. The average Bonchev–Trinajstić information content (AvgIpc) is 1.82. The zero-order chi connectivity index (χ0) is 7.72. The Bertz CT molecular complexity index is 239. The summed E-state index contributed by atoms with van der Waals surface area (Å²) in [6.45, 7) is 0. The number of hydrogen-bond donors (Lipinski definition) is 1. The monoisotopic (exact) mass is 362 g/mol. The van der Waals surface area contributed by atoms with Crippen LogP contribution in [0.4, 0.5) is 5.69 Å². The Hall–Kier alpha value is 0.535. The van der Waals surface area contributed by atoms with E-state index in [-0.39, 0.29) is 0 Å². The number of anilines is 1. The zero-order valence-electron chi connectivity index (χ0n) is 5.20. The quantitative estimate of drug-likeness (QED) is 0.553. The summed E-state index contributed by atoms with van der Waals surface area (Å²) >= 11 is 12.1. The average molecular weight is 362 g/mol. The van der Waals surface area contributed by atoms with Crippen LogP contribution >= 0.6 is 23.2 Å². The van der Waals surface area contributed by atoms with Gasteiger partial charge < -0.3 is 0 Å². The first-order valence-corrected chi connectivity index (χ1v) is 6.18. The summed E-state index contributed by atoms with van der Waals surface area (Å²) in [4.78, 5) is 0. The Morgan fingerprint density at radius 1 is 1.20 bits per heavy atom. The first kappa shape index (κ1) is 8.63. The predicted molar refractivity (Wildman–Crippen MR) is 40.5 cm³/mol. The summed E-state index contributed by atoms with van der Waals surface area (Å²) in [7, 11) is 0. The Morgan fingerprint density at radius 3 is 2.00 bits per heavy atom. The third-order valence-corrected chi connectivity index (χ3v) is 6.54. The van der Waals surface area contributed by atoms with Gasteiger partial charge in [-0.3, -0.25) is 0 Å². The number of hydrogen-bond acceptors (Lipinski definition) is 1. The van der Waals surface area contributed by atoms with Gasteiger partial charge >= 0.3 is 86.0 Å². The van der Waals surface area contributed by atoms with Gasteiger partial charge in [0.05, 0.1) is 0 Å². The van der Waals surface area contributed by atoms with E-state index >= 15 is 0 Å². The van der Waals surface area contributed by atoms with Gasteiger partial charge in [0.1, 0.15) is 0 Å². The molecule has 0 aliphatic carbocycles. The van der Waals surface area contributed by atoms with Gasteiger partial charge in [-0.25, -0.2) is 0 Å². The molecule has 0 amide bonds. The second-order valence-electron chi connectivity index (χ2n) is 1.96. The molecule has 0 aliphatic heterocycles. The molecule has 0 fully saturated rings. The van der Waals surface area contributed by atoms with Crippen LogP contribution in [-0.2, 0) is 26.1 Å². The van der Waals surface area contributed by atoms with Crippen LogP contribution in [0.25, 0.3) is 0 Å². The van der Waals surface area contributed by atoms with Crippen LogP contribution in [-0.4, -0.2) is 0 Å². The van der Waals surface area contributed by atoms with Gasteiger partial charge in [-0.05, 0) is 0 Å². The summed E-state index contributed by atoms with van der Waals surface area (Å²) in [6, 6.07) is 3.46. The maximum atomic E-state index is 5.80. The van der Waals surface area contributed by atoms with E-state index in [1.807, 2.05) is 0 Å². The molecule has 0 aromatic heterocycles. The summed E-state index contributed by atoms with van der Waals surface area (Å²) in [5.41, 5.74) is 6.11. The van der Waals surface area contributed by atoms with Gasteiger partial charge in [0.2, 0.25) is 0 Å². The van der Waals surface area contributed by atoms with E-state index in [4.69, 9.17) is 28.9 Å². The second kappa shape index (κ2) is 3.29. The molecule has 1 aromatic carbocycles. The van der Waals surface area contributed by atoms with Gasteiger partial charge in [-0.15, -0.1) is 0 Å². The minimum atomic E-state index is 0.459.